The van der Waals surface area contributed by atoms with E-state index in [0.29, 0.717) is 6.04 Å². The molecule has 0 radical (unpaired) electrons. The van der Waals surface area contributed by atoms with E-state index in [0.717, 1.165) is 19.4 Å². The first-order chi connectivity index (χ1) is 8.99. The van der Waals surface area contributed by atoms with Gasteiger partial charge < -0.3 is 16.0 Å². The second kappa shape index (κ2) is 5.52. The average Bonchev–Trinajstić information content (AvgIpc) is 2.37. The maximum absolute atomic E-state index is 13.7. The van der Waals surface area contributed by atoms with E-state index in [1.54, 1.807) is 0 Å². The Morgan fingerprint density at radius 3 is 3.05 bits per heavy atom. The Balaban J connectivity index is 2.03. The predicted octanol–water partition coefficient (Wildman–Crippen LogP) is 1.02. The molecule has 1 aromatic rings. The van der Waals surface area contributed by atoms with E-state index >= 15 is 0 Å². The van der Waals surface area contributed by atoms with Crippen molar-refractivity contribution >= 4 is 11.7 Å². The lowest BCUT2D eigenvalue weighted by Crippen LogP contribution is -2.47. The Kier molecular flexibility index (Phi) is 3.99. The minimum atomic E-state index is -0.749. The van der Waals surface area contributed by atoms with Gasteiger partial charge in [-0.15, -0.1) is 0 Å². The number of nitrogens with two attached hydrogens (primary N) is 1. The predicted molar refractivity (Wildman–Crippen MR) is 71.2 cm³/mol. The van der Waals surface area contributed by atoms with Crippen LogP contribution in [0.5, 0.6) is 0 Å². The summed E-state index contributed by atoms with van der Waals surface area (Å²) in [5.74, 6) is -1.42. The monoisotopic (exact) mass is 266 g/mol. The van der Waals surface area contributed by atoms with Crippen LogP contribution in [0.15, 0.2) is 12.3 Å². The molecule has 2 unspecified atom stereocenters. The molecule has 1 aromatic heterocycles. The van der Waals surface area contributed by atoms with Gasteiger partial charge in [0.1, 0.15) is 0 Å². The van der Waals surface area contributed by atoms with Crippen LogP contribution in [0, 0.1) is 5.82 Å². The van der Waals surface area contributed by atoms with E-state index in [1.807, 2.05) is 0 Å². The van der Waals surface area contributed by atoms with Crippen LogP contribution in [0.1, 0.15) is 30.1 Å². The number of carbonyl (C=O) groups is 1. The fourth-order valence-electron chi connectivity index (χ4n) is 2.32. The van der Waals surface area contributed by atoms with Gasteiger partial charge in [0.25, 0.3) is 5.91 Å². The van der Waals surface area contributed by atoms with Crippen molar-refractivity contribution in [2.45, 2.75) is 31.8 Å². The van der Waals surface area contributed by atoms with E-state index in [1.165, 1.54) is 12.3 Å². The van der Waals surface area contributed by atoms with Crippen molar-refractivity contribution in [2.24, 2.45) is 0 Å². The molecule has 104 valence electrons. The fraction of sp³-hybridized carbons (Fsp3) is 0.538. The summed E-state index contributed by atoms with van der Waals surface area (Å²) in [5.41, 5.74) is 5.32. The smallest absolute Gasteiger partial charge is 0.254 e. The summed E-state index contributed by atoms with van der Waals surface area (Å²) < 4.78 is 13.7. The van der Waals surface area contributed by atoms with Gasteiger partial charge in [0.2, 0.25) is 0 Å². The number of rotatable bonds is 2. The number of nitrogen functional groups attached to an aromatic ring is 1. The number of piperidine rings is 1. The van der Waals surface area contributed by atoms with Crippen LogP contribution in [-0.2, 0) is 0 Å². The van der Waals surface area contributed by atoms with Gasteiger partial charge in [-0.1, -0.05) is 0 Å². The molecule has 0 spiro atoms. The highest BCUT2D eigenvalue weighted by atomic mass is 19.1. The zero-order valence-electron chi connectivity index (χ0n) is 11.2. The molecule has 6 heteroatoms. The number of likely N-dealkylation sites (tertiary alicyclic amines) is 1. The normalized spacial score (nSPS) is 24.2. The first-order valence-electron chi connectivity index (χ1n) is 6.40. The Labute approximate surface area is 112 Å². The zero-order chi connectivity index (χ0) is 14.0. The van der Waals surface area contributed by atoms with Gasteiger partial charge in [-0.05, 0) is 32.9 Å². The van der Waals surface area contributed by atoms with Gasteiger partial charge in [-0.2, -0.15) is 0 Å². The summed E-state index contributed by atoms with van der Waals surface area (Å²) in [6, 6.07) is 1.83. The Hall–Kier alpha value is -1.69. The van der Waals surface area contributed by atoms with Crippen LogP contribution in [0.4, 0.5) is 10.2 Å². The van der Waals surface area contributed by atoms with Gasteiger partial charge in [-0.25, -0.2) is 9.37 Å². The number of halogens is 1. The van der Waals surface area contributed by atoms with Crippen LogP contribution in [0.3, 0.4) is 0 Å². The third-order valence-electron chi connectivity index (χ3n) is 3.70. The molecule has 19 heavy (non-hydrogen) atoms. The SMILES string of the molecule is CC1CC(NC(=O)c2ccnc(N)c2F)CCN1C. The van der Waals surface area contributed by atoms with Crippen molar-refractivity contribution in [3.05, 3.63) is 23.6 Å². The molecule has 1 aliphatic rings. The van der Waals surface area contributed by atoms with Gasteiger partial charge in [0.15, 0.2) is 11.6 Å². The van der Waals surface area contributed by atoms with Crippen molar-refractivity contribution in [3.8, 4) is 0 Å². The lowest BCUT2D eigenvalue weighted by atomic mass is 9.98. The first kappa shape index (κ1) is 13.7. The van der Waals surface area contributed by atoms with Gasteiger partial charge in [-0.3, -0.25) is 4.79 Å². The lowest BCUT2D eigenvalue weighted by Gasteiger charge is -2.35. The molecule has 1 aliphatic heterocycles. The highest BCUT2D eigenvalue weighted by Crippen LogP contribution is 2.17. The number of hydrogen-bond acceptors (Lipinski definition) is 4. The molecule has 2 atom stereocenters. The number of hydrogen-bond donors (Lipinski definition) is 2. The molecule has 2 heterocycles. The molecule has 5 nitrogen and oxygen atoms in total. The molecular formula is C13H19FN4O. The van der Waals surface area contributed by atoms with E-state index in [4.69, 9.17) is 5.73 Å². The molecule has 1 saturated heterocycles. The highest BCUT2D eigenvalue weighted by Gasteiger charge is 2.25. The summed E-state index contributed by atoms with van der Waals surface area (Å²) in [5, 5.41) is 2.87. The Bertz CT molecular complexity index is 480. The lowest BCUT2D eigenvalue weighted by molar-refractivity contribution is 0.0892. The fourth-order valence-corrected chi connectivity index (χ4v) is 2.32. The van der Waals surface area contributed by atoms with E-state index in [2.05, 4.69) is 29.2 Å². The average molecular weight is 266 g/mol. The third kappa shape index (κ3) is 3.01. The number of aromatic nitrogens is 1. The summed E-state index contributed by atoms with van der Waals surface area (Å²) in [6.45, 7) is 3.04. The summed E-state index contributed by atoms with van der Waals surface area (Å²) in [7, 11) is 2.06. The Morgan fingerprint density at radius 2 is 2.37 bits per heavy atom. The summed E-state index contributed by atoms with van der Waals surface area (Å²) in [4.78, 5) is 17.9. The number of carbonyl (C=O) groups excluding carboxylic acids is 1. The highest BCUT2D eigenvalue weighted by molar-refractivity contribution is 5.95. The second-order valence-electron chi connectivity index (χ2n) is 5.08. The molecular weight excluding hydrogens is 247 g/mol. The van der Waals surface area contributed by atoms with E-state index in [-0.39, 0.29) is 17.4 Å². The molecule has 0 aromatic carbocycles. The van der Waals surface area contributed by atoms with Crippen LogP contribution in [0.2, 0.25) is 0 Å². The van der Waals surface area contributed by atoms with Crippen molar-refractivity contribution < 1.29 is 9.18 Å². The number of nitrogens with one attached hydrogen (secondary N) is 1. The van der Waals surface area contributed by atoms with Crippen molar-refractivity contribution in [1.29, 1.82) is 0 Å². The standard InChI is InChI=1S/C13H19FN4O/c1-8-7-9(4-6-18(8)2)17-13(19)10-3-5-16-12(15)11(10)14/h3,5,8-9H,4,6-7H2,1-2H3,(H2,15,16)(H,17,19). The molecule has 0 saturated carbocycles. The van der Waals surface area contributed by atoms with Crippen LogP contribution in [-0.4, -0.2) is 41.5 Å². The van der Waals surface area contributed by atoms with Crippen LogP contribution < -0.4 is 11.1 Å². The molecule has 0 bridgehead atoms. The molecule has 3 N–H and O–H groups in total. The third-order valence-corrected chi connectivity index (χ3v) is 3.70. The summed E-state index contributed by atoms with van der Waals surface area (Å²) in [6.07, 6.45) is 3.07. The topological polar surface area (TPSA) is 71.2 Å². The number of anilines is 1. The largest absolute Gasteiger partial charge is 0.381 e. The van der Waals surface area contributed by atoms with Crippen molar-refractivity contribution in [2.75, 3.05) is 19.3 Å². The zero-order valence-corrected chi connectivity index (χ0v) is 11.2. The Morgan fingerprint density at radius 1 is 1.63 bits per heavy atom. The molecule has 1 fully saturated rings. The summed E-state index contributed by atoms with van der Waals surface area (Å²) >= 11 is 0. The van der Waals surface area contributed by atoms with Crippen LogP contribution >= 0.6 is 0 Å². The number of nitrogens with zero attached hydrogens (tertiary/aromatic N) is 2. The van der Waals surface area contributed by atoms with Crippen molar-refractivity contribution in [1.82, 2.24) is 15.2 Å². The van der Waals surface area contributed by atoms with E-state index in [9.17, 15) is 9.18 Å². The van der Waals surface area contributed by atoms with Gasteiger partial charge in [0, 0.05) is 24.8 Å². The number of pyridine rings is 1. The maximum atomic E-state index is 13.7. The van der Waals surface area contributed by atoms with Crippen molar-refractivity contribution in [3.63, 3.8) is 0 Å². The minimum Gasteiger partial charge on any atom is -0.381 e. The maximum Gasteiger partial charge on any atom is 0.254 e. The second-order valence-corrected chi connectivity index (χ2v) is 5.08. The molecule has 2 rings (SSSR count). The van der Waals surface area contributed by atoms with Crippen LogP contribution in [0.25, 0.3) is 0 Å². The first-order valence-corrected chi connectivity index (χ1v) is 6.40. The molecule has 1 amide bonds. The quantitative estimate of drug-likeness (QED) is 0.838. The number of amides is 1. The van der Waals surface area contributed by atoms with E-state index < -0.39 is 11.7 Å². The van der Waals surface area contributed by atoms with Gasteiger partial charge in [0.05, 0.1) is 5.56 Å². The molecule has 0 aliphatic carbocycles. The minimum absolute atomic E-state index is 0.0425. The van der Waals surface area contributed by atoms with Gasteiger partial charge >= 0.3 is 0 Å².